The van der Waals surface area contributed by atoms with Crippen molar-refractivity contribution in [2.75, 3.05) is 38.7 Å². The van der Waals surface area contributed by atoms with Gasteiger partial charge in [-0.2, -0.15) is 4.98 Å². The second-order valence-electron chi connectivity index (χ2n) is 7.84. The number of methoxy groups -OCH3 is 1. The van der Waals surface area contributed by atoms with E-state index in [0.29, 0.717) is 38.5 Å². The van der Waals surface area contributed by atoms with E-state index in [1.54, 1.807) is 17.2 Å². The van der Waals surface area contributed by atoms with Gasteiger partial charge in [-0.25, -0.2) is 9.78 Å². The van der Waals surface area contributed by atoms with Crippen LogP contribution in [-0.2, 0) is 9.53 Å². The predicted octanol–water partition coefficient (Wildman–Crippen LogP) is 1.65. The fraction of sp³-hybridized carbons (Fsp3) is 0.684. The number of nitrogens with one attached hydrogen (secondary N) is 2. The first-order chi connectivity index (χ1) is 13.7. The highest BCUT2D eigenvalue weighted by Gasteiger charge is 2.31. The van der Waals surface area contributed by atoms with E-state index in [0.717, 1.165) is 6.42 Å². The normalized spacial score (nSPS) is 16.1. The van der Waals surface area contributed by atoms with E-state index in [4.69, 9.17) is 9.47 Å². The molecule has 2 amide bonds. The highest BCUT2D eigenvalue weighted by Crippen LogP contribution is 2.15. The molecular weight excluding hydrogens is 376 g/mol. The van der Waals surface area contributed by atoms with Crippen molar-refractivity contribution in [2.45, 2.75) is 52.2 Å². The molecule has 29 heavy (non-hydrogen) atoms. The molecule has 10 nitrogen and oxygen atoms in total. The molecular formula is C19H32N6O4. The maximum atomic E-state index is 12.8. The van der Waals surface area contributed by atoms with Crippen LogP contribution in [0.4, 0.5) is 10.7 Å². The van der Waals surface area contributed by atoms with Gasteiger partial charge in [-0.05, 0) is 27.2 Å². The Morgan fingerprint density at radius 2 is 1.93 bits per heavy atom. The third kappa shape index (κ3) is 7.04. The van der Waals surface area contributed by atoms with E-state index < -0.39 is 5.60 Å². The number of hydrazine groups is 1. The molecule has 1 aromatic heterocycles. The molecule has 2 heterocycles. The van der Waals surface area contributed by atoms with Gasteiger partial charge in [0.1, 0.15) is 5.60 Å². The molecule has 1 aliphatic heterocycles. The fourth-order valence-corrected chi connectivity index (χ4v) is 3.01. The number of nitrogens with zero attached hydrogens (tertiary/aromatic N) is 4. The standard InChI is InChI=1S/C19H32N6O4/c1-6-7-14(16(26)22-23-17-20-9-8-15(21-17)28-5)24-10-12-25(13-11-24)18(27)29-19(2,3)4/h8-9,14H,6-7,10-13H2,1-5H3,(H,22,26)(H,20,21,23)/t14-/m0/s1. The predicted molar refractivity (Wildman–Crippen MR) is 108 cm³/mol. The highest BCUT2D eigenvalue weighted by atomic mass is 16.6. The number of anilines is 1. The zero-order chi connectivity index (χ0) is 21.4. The van der Waals surface area contributed by atoms with E-state index in [-0.39, 0.29) is 24.0 Å². The Morgan fingerprint density at radius 1 is 1.24 bits per heavy atom. The minimum Gasteiger partial charge on any atom is -0.481 e. The van der Waals surface area contributed by atoms with Crippen molar-refractivity contribution in [3.05, 3.63) is 12.3 Å². The third-order valence-corrected chi connectivity index (χ3v) is 4.41. The second-order valence-corrected chi connectivity index (χ2v) is 7.84. The largest absolute Gasteiger partial charge is 0.481 e. The lowest BCUT2D eigenvalue weighted by molar-refractivity contribution is -0.126. The maximum Gasteiger partial charge on any atom is 0.410 e. The number of aromatic nitrogens is 2. The van der Waals surface area contributed by atoms with Crippen LogP contribution in [-0.4, -0.2) is 76.7 Å². The summed E-state index contributed by atoms with van der Waals surface area (Å²) in [6.07, 6.45) is 2.80. The van der Waals surface area contributed by atoms with Crippen LogP contribution in [0.1, 0.15) is 40.5 Å². The number of rotatable bonds is 7. The molecule has 0 spiro atoms. The smallest absolute Gasteiger partial charge is 0.410 e. The number of hydrogen-bond donors (Lipinski definition) is 2. The van der Waals surface area contributed by atoms with Crippen molar-refractivity contribution < 1.29 is 19.1 Å². The van der Waals surface area contributed by atoms with Crippen molar-refractivity contribution in [3.8, 4) is 5.88 Å². The van der Waals surface area contributed by atoms with Crippen LogP contribution >= 0.6 is 0 Å². The summed E-state index contributed by atoms with van der Waals surface area (Å²) in [4.78, 5) is 36.9. The molecule has 2 N–H and O–H groups in total. The molecule has 1 aromatic rings. The molecule has 1 atom stereocenters. The van der Waals surface area contributed by atoms with Gasteiger partial charge in [-0.15, -0.1) is 0 Å². The fourth-order valence-electron chi connectivity index (χ4n) is 3.01. The summed E-state index contributed by atoms with van der Waals surface area (Å²) in [6.45, 7) is 9.84. The summed E-state index contributed by atoms with van der Waals surface area (Å²) < 4.78 is 10.5. The summed E-state index contributed by atoms with van der Waals surface area (Å²) >= 11 is 0. The molecule has 0 saturated carbocycles. The average Bonchev–Trinajstić information content (AvgIpc) is 2.69. The highest BCUT2D eigenvalue weighted by molar-refractivity contribution is 5.82. The van der Waals surface area contributed by atoms with E-state index in [1.807, 2.05) is 27.7 Å². The monoisotopic (exact) mass is 408 g/mol. The first-order valence-corrected chi connectivity index (χ1v) is 9.88. The van der Waals surface area contributed by atoms with Crippen LogP contribution in [0.3, 0.4) is 0 Å². The lowest BCUT2D eigenvalue weighted by atomic mass is 10.1. The lowest BCUT2D eigenvalue weighted by Crippen LogP contribution is -2.56. The molecule has 1 fully saturated rings. The van der Waals surface area contributed by atoms with Gasteiger partial charge in [-0.1, -0.05) is 13.3 Å². The zero-order valence-corrected chi connectivity index (χ0v) is 17.9. The number of ether oxygens (including phenoxy) is 2. The van der Waals surface area contributed by atoms with Gasteiger partial charge in [-0.3, -0.25) is 20.5 Å². The van der Waals surface area contributed by atoms with Crippen LogP contribution in [0.5, 0.6) is 5.88 Å². The van der Waals surface area contributed by atoms with E-state index in [1.165, 1.54) is 7.11 Å². The molecule has 2 rings (SSSR count). The number of piperazine rings is 1. The molecule has 162 valence electrons. The minimum absolute atomic E-state index is 0.163. The Kier molecular flexibility index (Phi) is 8.00. The van der Waals surface area contributed by atoms with Gasteiger partial charge < -0.3 is 14.4 Å². The average molecular weight is 409 g/mol. The number of hydrogen-bond acceptors (Lipinski definition) is 8. The van der Waals surface area contributed by atoms with Crippen molar-refractivity contribution in [3.63, 3.8) is 0 Å². The topological polar surface area (TPSA) is 109 Å². The lowest BCUT2D eigenvalue weighted by Gasteiger charge is -2.38. The Balaban J connectivity index is 1.90. The molecule has 1 saturated heterocycles. The summed E-state index contributed by atoms with van der Waals surface area (Å²) in [5.41, 5.74) is 4.90. The van der Waals surface area contributed by atoms with Gasteiger partial charge in [0.2, 0.25) is 11.8 Å². The summed E-state index contributed by atoms with van der Waals surface area (Å²) in [5.74, 6) is 0.492. The minimum atomic E-state index is -0.521. The van der Waals surface area contributed by atoms with Gasteiger partial charge in [0.05, 0.1) is 13.2 Å². The number of carbonyl (C=O) groups is 2. The Morgan fingerprint density at radius 3 is 2.52 bits per heavy atom. The maximum absolute atomic E-state index is 12.8. The first-order valence-electron chi connectivity index (χ1n) is 9.88. The quantitative estimate of drug-likeness (QED) is 0.656. The Labute approximate surface area is 171 Å². The SMILES string of the molecule is CCC[C@@H](C(=O)NNc1nccc(OC)n1)N1CCN(C(=O)OC(C)(C)C)CC1. The third-order valence-electron chi connectivity index (χ3n) is 4.41. The van der Waals surface area contributed by atoms with E-state index in [9.17, 15) is 9.59 Å². The molecule has 0 bridgehead atoms. The van der Waals surface area contributed by atoms with Gasteiger partial charge in [0, 0.05) is 38.4 Å². The molecule has 0 unspecified atom stereocenters. The van der Waals surface area contributed by atoms with E-state index >= 15 is 0 Å². The Hall–Kier alpha value is -2.62. The summed E-state index contributed by atoms with van der Waals surface area (Å²) in [7, 11) is 1.51. The van der Waals surface area contributed by atoms with Crippen LogP contribution in [0.15, 0.2) is 12.3 Å². The van der Waals surface area contributed by atoms with Crippen molar-refractivity contribution in [2.24, 2.45) is 0 Å². The van der Waals surface area contributed by atoms with Crippen molar-refractivity contribution in [1.29, 1.82) is 0 Å². The second kappa shape index (κ2) is 10.2. The molecule has 0 aliphatic carbocycles. The van der Waals surface area contributed by atoms with Crippen LogP contribution in [0.25, 0.3) is 0 Å². The van der Waals surface area contributed by atoms with Crippen LogP contribution < -0.4 is 15.6 Å². The van der Waals surface area contributed by atoms with Crippen LogP contribution in [0, 0.1) is 0 Å². The van der Waals surface area contributed by atoms with Gasteiger partial charge in [0.25, 0.3) is 5.91 Å². The van der Waals surface area contributed by atoms with Crippen molar-refractivity contribution in [1.82, 2.24) is 25.2 Å². The summed E-state index contributed by atoms with van der Waals surface area (Å²) in [6, 6.07) is 1.32. The zero-order valence-electron chi connectivity index (χ0n) is 17.9. The number of carbonyl (C=O) groups excluding carboxylic acids is 2. The van der Waals surface area contributed by atoms with Crippen LogP contribution in [0.2, 0.25) is 0 Å². The molecule has 0 aromatic carbocycles. The van der Waals surface area contributed by atoms with Gasteiger partial charge >= 0.3 is 6.09 Å². The molecule has 0 radical (unpaired) electrons. The molecule has 1 aliphatic rings. The first kappa shape index (κ1) is 22.7. The Bertz CT molecular complexity index is 686. The van der Waals surface area contributed by atoms with Crippen molar-refractivity contribution >= 4 is 17.9 Å². The number of amides is 2. The molecule has 10 heteroatoms. The van der Waals surface area contributed by atoms with E-state index in [2.05, 4.69) is 25.7 Å². The summed E-state index contributed by atoms with van der Waals surface area (Å²) in [5, 5.41) is 0. The van der Waals surface area contributed by atoms with Gasteiger partial charge in [0.15, 0.2) is 0 Å².